The van der Waals surface area contributed by atoms with Crippen molar-refractivity contribution in [3.8, 4) is 11.3 Å². The van der Waals surface area contributed by atoms with Gasteiger partial charge in [0.25, 0.3) is 5.91 Å². The number of nitrogens with zero attached hydrogens (tertiary/aromatic N) is 1. The third kappa shape index (κ3) is 4.18. The van der Waals surface area contributed by atoms with Gasteiger partial charge in [0.1, 0.15) is 0 Å². The average molecular weight is 474 g/mol. The number of anilines is 1. The lowest BCUT2D eigenvalue weighted by atomic mass is 10.1. The standard InChI is InChI=1S/C17H10F3IN2OS/c18-17(19,20)13-4-2-1-3-12(13)15(24)23-16-22-14(9-25-16)10-5-7-11(21)8-6-10/h1-9H,(H,22,23,24). The molecule has 1 aromatic heterocycles. The summed E-state index contributed by atoms with van der Waals surface area (Å²) < 4.78 is 40.1. The van der Waals surface area contributed by atoms with Gasteiger partial charge in [-0.1, -0.05) is 24.3 Å². The molecule has 0 fully saturated rings. The summed E-state index contributed by atoms with van der Waals surface area (Å²) in [7, 11) is 0. The first-order valence-electron chi connectivity index (χ1n) is 7.03. The van der Waals surface area contributed by atoms with E-state index in [0.717, 1.165) is 32.6 Å². The third-order valence-corrected chi connectivity index (χ3v) is 4.82. The lowest BCUT2D eigenvalue weighted by Gasteiger charge is -2.11. The zero-order valence-electron chi connectivity index (χ0n) is 12.5. The van der Waals surface area contributed by atoms with Crippen molar-refractivity contribution in [3.63, 3.8) is 0 Å². The van der Waals surface area contributed by atoms with Gasteiger partial charge in [0, 0.05) is 14.5 Å². The second-order valence-corrected chi connectivity index (χ2v) is 7.15. The maximum Gasteiger partial charge on any atom is 0.417 e. The van der Waals surface area contributed by atoms with Crippen LogP contribution in [0.15, 0.2) is 53.9 Å². The van der Waals surface area contributed by atoms with Crippen LogP contribution in [-0.2, 0) is 6.18 Å². The van der Waals surface area contributed by atoms with Crippen LogP contribution in [0.4, 0.5) is 18.3 Å². The topological polar surface area (TPSA) is 42.0 Å². The van der Waals surface area contributed by atoms with Gasteiger partial charge in [-0.25, -0.2) is 4.98 Å². The lowest BCUT2D eigenvalue weighted by Crippen LogP contribution is -2.18. The minimum absolute atomic E-state index is 0.246. The van der Waals surface area contributed by atoms with Crippen molar-refractivity contribution in [1.29, 1.82) is 0 Å². The molecule has 0 saturated carbocycles. The second kappa shape index (κ2) is 7.12. The molecule has 25 heavy (non-hydrogen) atoms. The number of aromatic nitrogens is 1. The number of carbonyl (C=O) groups is 1. The van der Waals surface area contributed by atoms with Gasteiger partial charge in [-0.15, -0.1) is 11.3 Å². The Hall–Kier alpha value is -1.94. The highest BCUT2D eigenvalue weighted by atomic mass is 127. The molecule has 0 spiro atoms. The smallest absolute Gasteiger partial charge is 0.298 e. The number of thiazole rings is 1. The minimum atomic E-state index is -4.59. The molecule has 0 saturated heterocycles. The highest BCUT2D eigenvalue weighted by Crippen LogP contribution is 2.32. The SMILES string of the molecule is O=C(Nc1nc(-c2ccc(I)cc2)cs1)c1ccccc1C(F)(F)F. The molecule has 0 bridgehead atoms. The van der Waals surface area contributed by atoms with E-state index in [2.05, 4.69) is 32.9 Å². The summed E-state index contributed by atoms with van der Waals surface area (Å²) in [5, 5.41) is 4.43. The van der Waals surface area contributed by atoms with E-state index in [9.17, 15) is 18.0 Å². The minimum Gasteiger partial charge on any atom is -0.298 e. The Morgan fingerprint density at radius 3 is 2.44 bits per heavy atom. The summed E-state index contributed by atoms with van der Waals surface area (Å²) in [6.45, 7) is 0. The van der Waals surface area contributed by atoms with Crippen LogP contribution in [0.1, 0.15) is 15.9 Å². The zero-order chi connectivity index (χ0) is 18.0. The number of alkyl halides is 3. The van der Waals surface area contributed by atoms with Crippen molar-refractivity contribution in [3.05, 3.63) is 68.6 Å². The van der Waals surface area contributed by atoms with E-state index in [1.165, 1.54) is 12.1 Å². The van der Waals surface area contributed by atoms with E-state index < -0.39 is 23.2 Å². The summed E-state index contributed by atoms with van der Waals surface area (Å²) in [5.74, 6) is -0.837. The Morgan fingerprint density at radius 2 is 1.76 bits per heavy atom. The highest BCUT2D eigenvalue weighted by Gasteiger charge is 2.34. The van der Waals surface area contributed by atoms with E-state index in [1.807, 2.05) is 24.3 Å². The van der Waals surface area contributed by atoms with Crippen LogP contribution in [-0.4, -0.2) is 10.9 Å². The van der Waals surface area contributed by atoms with Crippen LogP contribution < -0.4 is 5.32 Å². The Bertz CT molecular complexity index is 907. The molecule has 0 atom stereocenters. The van der Waals surface area contributed by atoms with Gasteiger partial charge < -0.3 is 0 Å². The van der Waals surface area contributed by atoms with Crippen molar-refractivity contribution >= 4 is 45.0 Å². The molecule has 2 aromatic carbocycles. The lowest BCUT2D eigenvalue weighted by molar-refractivity contribution is -0.137. The number of amides is 1. The molecule has 0 radical (unpaired) electrons. The van der Waals surface area contributed by atoms with Crippen molar-refractivity contribution in [1.82, 2.24) is 4.98 Å². The fourth-order valence-corrected chi connectivity index (χ4v) is 3.25. The second-order valence-electron chi connectivity index (χ2n) is 5.04. The average Bonchev–Trinajstić information content (AvgIpc) is 3.03. The molecule has 0 aliphatic rings. The van der Waals surface area contributed by atoms with Gasteiger partial charge in [-0.3, -0.25) is 10.1 Å². The van der Waals surface area contributed by atoms with Crippen molar-refractivity contribution in [2.75, 3.05) is 5.32 Å². The first-order valence-corrected chi connectivity index (χ1v) is 8.99. The molecule has 0 unspecified atom stereocenters. The van der Waals surface area contributed by atoms with Gasteiger partial charge in [0.2, 0.25) is 0 Å². The monoisotopic (exact) mass is 474 g/mol. The van der Waals surface area contributed by atoms with Gasteiger partial charge >= 0.3 is 6.18 Å². The van der Waals surface area contributed by atoms with Gasteiger partial charge in [0.05, 0.1) is 16.8 Å². The molecule has 1 N–H and O–H groups in total. The number of rotatable bonds is 3. The normalized spacial score (nSPS) is 11.4. The largest absolute Gasteiger partial charge is 0.417 e. The molecule has 1 amide bonds. The fraction of sp³-hybridized carbons (Fsp3) is 0.0588. The molecule has 0 aliphatic carbocycles. The van der Waals surface area contributed by atoms with E-state index in [1.54, 1.807) is 5.38 Å². The van der Waals surface area contributed by atoms with Gasteiger partial charge in [-0.2, -0.15) is 13.2 Å². The Balaban J connectivity index is 1.82. The van der Waals surface area contributed by atoms with E-state index >= 15 is 0 Å². The molecule has 3 aromatic rings. The zero-order valence-corrected chi connectivity index (χ0v) is 15.4. The van der Waals surface area contributed by atoms with E-state index in [0.29, 0.717) is 5.69 Å². The molecule has 3 nitrogen and oxygen atoms in total. The summed E-state index contributed by atoms with van der Waals surface area (Å²) in [4.78, 5) is 16.5. The van der Waals surface area contributed by atoms with Gasteiger partial charge in [-0.05, 0) is 46.9 Å². The summed E-state index contributed by atoms with van der Waals surface area (Å²) in [6, 6.07) is 12.3. The van der Waals surface area contributed by atoms with Crippen LogP contribution >= 0.6 is 33.9 Å². The molecule has 1 heterocycles. The van der Waals surface area contributed by atoms with E-state index in [-0.39, 0.29) is 5.13 Å². The summed E-state index contributed by atoms with van der Waals surface area (Å²) in [5.41, 5.74) is 0.122. The molecule has 8 heteroatoms. The summed E-state index contributed by atoms with van der Waals surface area (Å²) in [6.07, 6.45) is -4.59. The van der Waals surface area contributed by atoms with Crippen molar-refractivity contribution in [2.45, 2.75) is 6.18 Å². The number of carbonyl (C=O) groups excluding carboxylic acids is 1. The van der Waals surface area contributed by atoms with Crippen molar-refractivity contribution in [2.24, 2.45) is 0 Å². The summed E-state index contributed by atoms with van der Waals surface area (Å²) >= 11 is 3.34. The Labute approximate surface area is 159 Å². The quantitative estimate of drug-likeness (QED) is 0.496. The number of nitrogens with one attached hydrogen (secondary N) is 1. The van der Waals surface area contributed by atoms with Gasteiger partial charge in [0.15, 0.2) is 5.13 Å². The number of hydrogen-bond acceptors (Lipinski definition) is 3. The predicted octanol–water partition coefficient (Wildman–Crippen LogP) is 5.69. The maximum absolute atomic E-state index is 13.0. The molecular weight excluding hydrogens is 464 g/mol. The van der Waals surface area contributed by atoms with Crippen LogP contribution in [0.25, 0.3) is 11.3 Å². The Kier molecular flexibility index (Phi) is 5.09. The molecule has 0 aliphatic heterocycles. The number of hydrogen-bond donors (Lipinski definition) is 1. The molecule has 128 valence electrons. The first-order chi connectivity index (χ1) is 11.8. The fourth-order valence-electron chi connectivity index (χ4n) is 2.18. The molecular formula is C17H10F3IN2OS. The maximum atomic E-state index is 13.0. The van der Waals surface area contributed by atoms with E-state index in [4.69, 9.17) is 0 Å². The highest BCUT2D eigenvalue weighted by molar-refractivity contribution is 14.1. The van der Waals surface area contributed by atoms with Crippen LogP contribution in [0, 0.1) is 3.57 Å². The molecule has 3 rings (SSSR count). The Morgan fingerprint density at radius 1 is 1.08 bits per heavy atom. The third-order valence-electron chi connectivity index (χ3n) is 3.34. The van der Waals surface area contributed by atoms with Crippen molar-refractivity contribution < 1.29 is 18.0 Å². The predicted molar refractivity (Wildman–Crippen MR) is 99.7 cm³/mol. The van der Waals surface area contributed by atoms with Crippen LogP contribution in [0.3, 0.4) is 0 Å². The number of halogens is 4. The first kappa shape index (κ1) is 17.9. The van der Waals surface area contributed by atoms with Crippen LogP contribution in [0.5, 0.6) is 0 Å². The van der Waals surface area contributed by atoms with Crippen LogP contribution in [0.2, 0.25) is 0 Å². The number of benzene rings is 2.